The molecule has 1 aliphatic heterocycles. The topological polar surface area (TPSA) is 68.3 Å². The van der Waals surface area contributed by atoms with E-state index in [1.165, 1.54) is 16.5 Å². The summed E-state index contributed by atoms with van der Waals surface area (Å²) in [7, 11) is 0. The van der Waals surface area contributed by atoms with Crippen molar-refractivity contribution in [3.05, 3.63) is 59.4 Å². The predicted octanol–water partition coefficient (Wildman–Crippen LogP) is 4.21. The Morgan fingerprint density at radius 2 is 2.17 bits per heavy atom. The number of para-hydroxylation sites is 1. The molecule has 0 bridgehead atoms. The minimum absolute atomic E-state index is 0. The number of nitrogens with one attached hydrogen (secondary N) is 3. The molecule has 6 nitrogen and oxygen atoms in total. The maximum Gasteiger partial charge on any atom is 0.191 e. The lowest BCUT2D eigenvalue weighted by Crippen LogP contribution is -2.44. The highest BCUT2D eigenvalue weighted by molar-refractivity contribution is 14.0. The number of anilines is 1. The molecule has 2 aromatic heterocycles. The molecule has 0 saturated carbocycles. The summed E-state index contributed by atoms with van der Waals surface area (Å²) in [5, 5.41) is 8.91. The summed E-state index contributed by atoms with van der Waals surface area (Å²) < 4.78 is 0. The number of hydrogen-bond donors (Lipinski definition) is 3. The first kappa shape index (κ1) is 22.7. The van der Waals surface area contributed by atoms with Crippen LogP contribution in [-0.4, -0.2) is 48.1 Å². The van der Waals surface area contributed by atoms with E-state index in [1.54, 1.807) is 6.20 Å². The highest BCUT2D eigenvalue weighted by atomic mass is 127. The summed E-state index contributed by atoms with van der Waals surface area (Å²) in [5.41, 5.74) is 2.48. The van der Waals surface area contributed by atoms with E-state index in [-0.39, 0.29) is 24.0 Å². The fraction of sp³-hybridized carbons (Fsp3) is 0.364. The van der Waals surface area contributed by atoms with Crippen molar-refractivity contribution in [3.63, 3.8) is 0 Å². The fourth-order valence-corrected chi connectivity index (χ4v) is 4.06. The molecule has 1 aliphatic rings. The molecule has 3 aromatic rings. The predicted molar refractivity (Wildman–Crippen MR) is 136 cm³/mol. The van der Waals surface area contributed by atoms with Crippen molar-refractivity contribution in [1.82, 2.24) is 20.6 Å². The summed E-state index contributed by atoms with van der Waals surface area (Å²) >= 11 is 6.30. The lowest BCUT2D eigenvalue weighted by atomic mass is 10.1. The molecule has 4 rings (SSSR count). The van der Waals surface area contributed by atoms with Gasteiger partial charge in [0, 0.05) is 55.5 Å². The maximum absolute atomic E-state index is 6.30. The Morgan fingerprint density at radius 3 is 3.00 bits per heavy atom. The van der Waals surface area contributed by atoms with Gasteiger partial charge in [-0.3, -0.25) is 4.99 Å². The van der Waals surface area contributed by atoms with E-state index in [0.29, 0.717) is 11.1 Å². The third-order valence-electron chi connectivity index (χ3n) is 5.24. The molecule has 8 heteroatoms. The van der Waals surface area contributed by atoms with Gasteiger partial charge in [-0.1, -0.05) is 29.8 Å². The number of aliphatic imine (C=N–C) groups is 1. The normalized spacial score (nSPS) is 16.5. The van der Waals surface area contributed by atoms with Gasteiger partial charge in [0.15, 0.2) is 5.96 Å². The zero-order valence-corrected chi connectivity index (χ0v) is 20.2. The van der Waals surface area contributed by atoms with Gasteiger partial charge < -0.3 is 20.5 Å². The van der Waals surface area contributed by atoms with Gasteiger partial charge in [-0.25, -0.2) is 4.98 Å². The number of pyridine rings is 1. The Labute approximate surface area is 199 Å². The molecular formula is C22H28ClIN6. The first-order valence-electron chi connectivity index (χ1n) is 10.2. The number of rotatable bonds is 6. The van der Waals surface area contributed by atoms with Crippen molar-refractivity contribution in [2.24, 2.45) is 4.99 Å². The molecule has 30 heavy (non-hydrogen) atoms. The summed E-state index contributed by atoms with van der Waals surface area (Å²) in [6.07, 6.45) is 5.81. The van der Waals surface area contributed by atoms with Crippen LogP contribution in [0.5, 0.6) is 0 Å². The van der Waals surface area contributed by atoms with Crippen LogP contribution in [0.4, 0.5) is 5.82 Å². The van der Waals surface area contributed by atoms with E-state index in [9.17, 15) is 0 Å². The van der Waals surface area contributed by atoms with Crippen LogP contribution in [0.15, 0.2) is 53.8 Å². The Morgan fingerprint density at radius 1 is 1.30 bits per heavy atom. The summed E-state index contributed by atoms with van der Waals surface area (Å²) in [4.78, 5) is 14.8. The summed E-state index contributed by atoms with van der Waals surface area (Å²) in [5.74, 6) is 1.73. The van der Waals surface area contributed by atoms with Gasteiger partial charge in [0.1, 0.15) is 5.82 Å². The second kappa shape index (κ2) is 10.9. The molecule has 1 fully saturated rings. The number of guanidine groups is 1. The number of nitrogens with zero attached hydrogens (tertiary/aromatic N) is 3. The minimum Gasteiger partial charge on any atom is -0.361 e. The van der Waals surface area contributed by atoms with Gasteiger partial charge in [-0.05, 0) is 43.5 Å². The van der Waals surface area contributed by atoms with E-state index in [4.69, 9.17) is 16.6 Å². The van der Waals surface area contributed by atoms with Crippen molar-refractivity contribution in [1.29, 1.82) is 0 Å². The molecule has 1 unspecified atom stereocenters. The smallest absolute Gasteiger partial charge is 0.191 e. The molecule has 0 spiro atoms. The van der Waals surface area contributed by atoms with Gasteiger partial charge in [0.25, 0.3) is 0 Å². The Bertz CT molecular complexity index is 988. The van der Waals surface area contributed by atoms with Gasteiger partial charge in [-0.2, -0.15) is 0 Å². The fourth-order valence-electron chi connectivity index (χ4n) is 3.82. The van der Waals surface area contributed by atoms with Crippen LogP contribution in [0.3, 0.4) is 0 Å². The summed E-state index contributed by atoms with van der Waals surface area (Å²) in [6, 6.07) is 12.5. The molecule has 1 atom stereocenters. The van der Waals surface area contributed by atoms with Crippen LogP contribution in [-0.2, 0) is 6.42 Å². The van der Waals surface area contributed by atoms with Gasteiger partial charge in [0.05, 0.1) is 5.02 Å². The summed E-state index contributed by atoms with van der Waals surface area (Å²) in [6.45, 7) is 5.46. The largest absolute Gasteiger partial charge is 0.361 e. The molecule has 3 heterocycles. The second-order valence-corrected chi connectivity index (χ2v) is 7.66. The highest BCUT2D eigenvalue weighted by Crippen LogP contribution is 2.25. The number of aromatic amines is 1. The molecule has 0 amide bonds. The van der Waals surface area contributed by atoms with Gasteiger partial charge >= 0.3 is 0 Å². The molecule has 3 N–H and O–H groups in total. The zero-order chi connectivity index (χ0) is 20.1. The Kier molecular flexibility index (Phi) is 8.21. The molecular weight excluding hydrogens is 511 g/mol. The van der Waals surface area contributed by atoms with Gasteiger partial charge in [-0.15, -0.1) is 24.0 Å². The number of fused-ring (bicyclic) bond motifs is 1. The lowest BCUT2D eigenvalue weighted by Gasteiger charge is -2.20. The molecule has 1 saturated heterocycles. The zero-order valence-electron chi connectivity index (χ0n) is 17.1. The van der Waals surface area contributed by atoms with Crippen molar-refractivity contribution >= 4 is 58.3 Å². The highest BCUT2D eigenvalue weighted by Gasteiger charge is 2.25. The van der Waals surface area contributed by atoms with Gasteiger partial charge in [0.2, 0.25) is 0 Å². The average molecular weight is 539 g/mol. The number of benzene rings is 1. The Balaban J connectivity index is 0.00000256. The van der Waals surface area contributed by atoms with E-state index >= 15 is 0 Å². The Hall–Kier alpha value is -2.00. The minimum atomic E-state index is 0. The van der Waals surface area contributed by atoms with Crippen molar-refractivity contribution in [2.75, 3.05) is 31.1 Å². The number of H-pyrrole nitrogens is 1. The molecule has 1 aromatic carbocycles. The number of hydrogen-bond acceptors (Lipinski definition) is 3. The monoisotopic (exact) mass is 538 g/mol. The average Bonchev–Trinajstić information content (AvgIpc) is 3.36. The van der Waals surface area contributed by atoms with Crippen molar-refractivity contribution in [2.45, 2.75) is 25.8 Å². The van der Waals surface area contributed by atoms with E-state index < -0.39 is 0 Å². The van der Waals surface area contributed by atoms with E-state index in [0.717, 1.165) is 50.8 Å². The van der Waals surface area contributed by atoms with Crippen LogP contribution < -0.4 is 15.5 Å². The van der Waals surface area contributed by atoms with Crippen LogP contribution >= 0.6 is 35.6 Å². The van der Waals surface area contributed by atoms with Crippen molar-refractivity contribution < 1.29 is 0 Å². The molecule has 160 valence electrons. The second-order valence-electron chi connectivity index (χ2n) is 7.25. The third-order valence-corrected chi connectivity index (χ3v) is 5.53. The van der Waals surface area contributed by atoms with Crippen LogP contribution in [0.2, 0.25) is 5.02 Å². The first-order chi connectivity index (χ1) is 14.2. The molecule has 0 aliphatic carbocycles. The van der Waals surface area contributed by atoms with Crippen molar-refractivity contribution in [3.8, 4) is 0 Å². The number of halogens is 2. The van der Waals surface area contributed by atoms with E-state index in [2.05, 4.69) is 62.9 Å². The standard InChI is InChI=1S/C22H27ClN6.HI/c1-2-24-22(26-12-9-16-14-27-20-8-4-3-6-18(16)20)28-17-10-13-29(15-17)21-19(23)7-5-11-25-21;/h3-8,11,14,17,27H,2,9-10,12-13,15H2,1H3,(H2,24,26,28);1H. The molecule has 0 radical (unpaired) electrons. The van der Waals surface area contributed by atoms with Crippen LogP contribution in [0, 0.1) is 0 Å². The third kappa shape index (κ3) is 5.37. The van der Waals surface area contributed by atoms with E-state index in [1.807, 2.05) is 12.1 Å². The quantitative estimate of drug-likeness (QED) is 0.250. The number of aromatic nitrogens is 2. The van der Waals surface area contributed by atoms with Crippen LogP contribution in [0.1, 0.15) is 18.9 Å². The van der Waals surface area contributed by atoms with Crippen LogP contribution in [0.25, 0.3) is 10.9 Å². The SMILES string of the molecule is CCNC(=NCCc1c[nH]c2ccccc12)NC1CCN(c2ncccc2Cl)C1.I. The lowest BCUT2D eigenvalue weighted by molar-refractivity contribution is 0.648. The maximum atomic E-state index is 6.30. The first-order valence-corrected chi connectivity index (χ1v) is 10.6.